The molecule has 0 fully saturated rings. The first-order valence-electron chi connectivity index (χ1n) is 4.73. The highest BCUT2D eigenvalue weighted by molar-refractivity contribution is 9.11. The Morgan fingerprint density at radius 1 is 1.24 bits per heavy atom. The molecule has 1 aromatic carbocycles. The van der Waals surface area contributed by atoms with Crippen molar-refractivity contribution >= 4 is 49.4 Å². The number of halogens is 3. The average molecular weight is 386 g/mol. The van der Waals surface area contributed by atoms with Crippen LogP contribution in [0.1, 0.15) is 11.1 Å². The van der Waals surface area contributed by atoms with Crippen LogP contribution in [0.15, 0.2) is 8.95 Å². The molecule has 0 spiro atoms. The Bertz CT molecular complexity index is 432. The summed E-state index contributed by atoms with van der Waals surface area (Å²) in [6.45, 7) is 3.60. The van der Waals surface area contributed by atoms with Gasteiger partial charge in [0.05, 0.1) is 16.1 Å². The third-order valence-electron chi connectivity index (χ3n) is 2.28. The molecule has 0 heterocycles. The van der Waals surface area contributed by atoms with Crippen LogP contribution in [-0.2, 0) is 9.53 Å². The molecule has 0 radical (unpaired) electrons. The Balaban J connectivity index is 3.12. The molecule has 0 amide bonds. The van der Waals surface area contributed by atoms with E-state index in [-0.39, 0.29) is 6.61 Å². The van der Waals surface area contributed by atoms with Gasteiger partial charge < -0.3 is 9.47 Å². The van der Waals surface area contributed by atoms with E-state index in [4.69, 9.17) is 16.3 Å². The Labute approximate surface area is 122 Å². The summed E-state index contributed by atoms with van der Waals surface area (Å²) in [4.78, 5) is 11.0. The van der Waals surface area contributed by atoms with Crippen LogP contribution in [0.4, 0.5) is 0 Å². The molecule has 3 nitrogen and oxygen atoms in total. The van der Waals surface area contributed by atoms with Crippen molar-refractivity contribution in [2.75, 3.05) is 13.7 Å². The minimum atomic E-state index is -0.436. The van der Waals surface area contributed by atoms with Gasteiger partial charge in [0, 0.05) is 5.02 Å². The second-order valence-corrected chi connectivity index (χ2v) is 5.35. The van der Waals surface area contributed by atoms with E-state index in [9.17, 15) is 4.79 Å². The van der Waals surface area contributed by atoms with E-state index in [0.29, 0.717) is 10.8 Å². The largest absolute Gasteiger partial charge is 0.480 e. The molecule has 0 atom stereocenters. The van der Waals surface area contributed by atoms with Gasteiger partial charge in [-0.05, 0) is 56.8 Å². The van der Waals surface area contributed by atoms with Crippen LogP contribution in [0.3, 0.4) is 0 Å². The topological polar surface area (TPSA) is 35.5 Å². The number of methoxy groups -OCH3 is 1. The fourth-order valence-corrected chi connectivity index (χ4v) is 2.93. The Kier molecular flexibility index (Phi) is 5.28. The third-order valence-corrected chi connectivity index (χ3v) is 4.75. The van der Waals surface area contributed by atoms with Crippen LogP contribution >= 0.6 is 43.5 Å². The summed E-state index contributed by atoms with van der Waals surface area (Å²) < 4.78 is 11.4. The number of ether oxygens (including phenoxy) is 2. The molecule has 0 bridgehead atoms. The van der Waals surface area contributed by atoms with Gasteiger partial charge in [0.1, 0.15) is 5.75 Å². The fraction of sp³-hybridized carbons (Fsp3) is 0.364. The Morgan fingerprint density at radius 2 is 1.71 bits per heavy atom. The van der Waals surface area contributed by atoms with Gasteiger partial charge in [-0.2, -0.15) is 0 Å². The van der Waals surface area contributed by atoms with Crippen LogP contribution in [0, 0.1) is 13.8 Å². The molecule has 0 aliphatic rings. The number of benzene rings is 1. The van der Waals surface area contributed by atoms with Gasteiger partial charge in [-0.1, -0.05) is 11.6 Å². The van der Waals surface area contributed by atoms with Crippen molar-refractivity contribution in [2.45, 2.75) is 13.8 Å². The van der Waals surface area contributed by atoms with Gasteiger partial charge in [0.25, 0.3) is 0 Å². The predicted octanol–water partition coefficient (Wildman–Crippen LogP) is 4.03. The van der Waals surface area contributed by atoms with Crippen molar-refractivity contribution in [3.63, 3.8) is 0 Å². The minimum absolute atomic E-state index is 0.145. The van der Waals surface area contributed by atoms with Crippen molar-refractivity contribution in [3.8, 4) is 5.75 Å². The van der Waals surface area contributed by atoms with Gasteiger partial charge in [-0.3, -0.25) is 0 Å². The van der Waals surface area contributed by atoms with E-state index in [1.165, 1.54) is 7.11 Å². The normalized spacial score (nSPS) is 10.2. The predicted molar refractivity (Wildman–Crippen MR) is 73.8 cm³/mol. The van der Waals surface area contributed by atoms with Gasteiger partial charge in [-0.25, -0.2) is 4.79 Å². The van der Waals surface area contributed by atoms with E-state index < -0.39 is 5.97 Å². The number of esters is 1. The first-order chi connectivity index (χ1) is 7.90. The molecule has 0 aliphatic carbocycles. The molecule has 17 heavy (non-hydrogen) atoms. The van der Waals surface area contributed by atoms with Crippen molar-refractivity contribution in [1.29, 1.82) is 0 Å². The maximum Gasteiger partial charge on any atom is 0.343 e. The minimum Gasteiger partial charge on any atom is -0.480 e. The highest BCUT2D eigenvalue weighted by Gasteiger charge is 2.17. The molecule has 0 N–H and O–H groups in total. The highest BCUT2D eigenvalue weighted by atomic mass is 79.9. The van der Waals surface area contributed by atoms with Crippen LogP contribution in [0.25, 0.3) is 0 Å². The summed E-state index contributed by atoms with van der Waals surface area (Å²) >= 11 is 12.9. The zero-order chi connectivity index (χ0) is 13.2. The lowest BCUT2D eigenvalue weighted by Gasteiger charge is -2.15. The molecule has 0 aromatic heterocycles. The molecule has 6 heteroatoms. The number of carbonyl (C=O) groups is 1. The molecule has 0 aliphatic heterocycles. The lowest BCUT2D eigenvalue weighted by molar-refractivity contribution is -0.142. The standard InChI is InChI=1S/C11H11Br2ClO3/c1-5-8(12)11(17-4-7(15)16-3)9(13)6(2)10(5)14/h4H2,1-3H3. The monoisotopic (exact) mass is 384 g/mol. The zero-order valence-corrected chi connectivity index (χ0v) is 13.5. The Morgan fingerprint density at radius 3 is 2.12 bits per heavy atom. The second kappa shape index (κ2) is 6.07. The lowest BCUT2D eigenvalue weighted by Crippen LogP contribution is -2.13. The highest BCUT2D eigenvalue weighted by Crippen LogP contribution is 2.42. The average Bonchev–Trinajstić information content (AvgIpc) is 2.33. The lowest BCUT2D eigenvalue weighted by atomic mass is 10.1. The van der Waals surface area contributed by atoms with Crippen LogP contribution < -0.4 is 4.74 Å². The Hall–Kier alpha value is -0.260. The summed E-state index contributed by atoms with van der Waals surface area (Å²) in [5.74, 6) is 0.115. The molecule has 0 saturated heterocycles. The first kappa shape index (κ1) is 14.8. The van der Waals surface area contributed by atoms with Gasteiger partial charge in [0.2, 0.25) is 0 Å². The molecular weight excluding hydrogens is 375 g/mol. The van der Waals surface area contributed by atoms with Crippen LogP contribution in [0.5, 0.6) is 5.75 Å². The number of carbonyl (C=O) groups excluding carboxylic acids is 1. The maximum atomic E-state index is 11.0. The van der Waals surface area contributed by atoms with Crippen molar-refractivity contribution in [1.82, 2.24) is 0 Å². The molecule has 0 saturated carbocycles. The smallest absolute Gasteiger partial charge is 0.343 e. The van der Waals surface area contributed by atoms with E-state index in [2.05, 4.69) is 36.6 Å². The van der Waals surface area contributed by atoms with Crippen molar-refractivity contribution in [3.05, 3.63) is 25.1 Å². The van der Waals surface area contributed by atoms with E-state index in [0.717, 1.165) is 20.1 Å². The molecule has 94 valence electrons. The zero-order valence-electron chi connectivity index (χ0n) is 9.57. The quantitative estimate of drug-likeness (QED) is 0.736. The summed E-state index contributed by atoms with van der Waals surface area (Å²) in [5.41, 5.74) is 1.74. The fourth-order valence-electron chi connectivity index (χ4n) is 1.23. The van der Waals surface area contributed by atoms with Crippen LogP contribution in [0.2, 0.25) is 5.02 Å². The van der Waals surface area contributed by atoms with E-state index in [1.807, 2.05) is 13.8 Å². The van der Waals surface area contributed by atoms with Gasteiger partial charge >= 0.3 is 5.97 Å². The molecule has 1 aromatic rings. The van der Waals surface area contributed by atoms with Crippen LogP contribution in [-0.4, -0.2) is 19.7 Å². The number of rotatable bonds is 3. The number of hydrogen-bond acceptors (Lipinski definition) is 3. The SMILES string of the molecule is COC(=O)COc1c(Br)c(C)c(Cl)c(C)c1Br. The van der Waals surface area contributed by atoms with Gasteiger partial charge in [-0.15, -0.1) is 0 Å². The molecule has 0 unspecified atom stereocenters. The van der Waals surface area contributed by atoms with E-state index in [1.54, 1.807) is 0 Å². The summed E-state index contributed by atoms with van der Waals surface area (Å²) in [7, 11) is 1.31. The molecular formula is C11H11Br2ClO3. The summed E-state index contributed by atoms with van der Waals surface area (Å²) in [5, 5.41) is 0.661. The summed E-state index contributed by atoms with van der Waals surface area (Å²) in [6, 6.07) is 0. The second-order valence-electron chi connectivity index (χ2n) is 3.39. The molecule has 1 rings (SSSR count). The summed E-state index contributed by atoms with van der Waals surface area (Å²) in [6.07, 6.45) is 0. The number of hydrogen-bond donors (Lipinski definition) is 0. The van der Waals surface area contributed by atoms with Gasteiger partial charge in [0.15, 0.2) is 6.61 Å². The maximum absolute atomic E-state index is 11.0. The van der Waals surface area contributed by atoms with Crippen molar-refractivity contribution < 1.29 is 14.3 Å². The van der Waals surface area contributed by atoms with E-state index >= 15 is 0 Å². The first-order valence-corrected chi connectivity index (χ1v) is 6.69. The third kappa shape index (κ3) is 3.14. The van der Waals surface area contributed by atoms with Crippen molar-refractivity contribution in [2.24, 2.45) is 0 Å².